The van der Waals surface area contributed by atoms with Crippen LogP contribution >= 0.6 is 11.6 Å². The lowest BCUT2D eigenvalue weighted by atomic mass is 9.78. The number of amides is 1. The minimum atomic E-state index is -0.440. The smallest absolute Gasteiger partial charge is 0.410 e. The van der Waals surface area contributed by atoms with Crippen molar-refractivity contribution in [2.45, 2.75) is 90.8 Å². The molecule has 0 unspecified atom stereocenters. The molecule has 52 heavy (non-hydrogen) atoms. The van der Waals surface area contributed by atoms with Crippen LogP contribution in [0.25, 0.3) is 4.85 Å². The molecule has 3 saturated heterocycles. The summed E-state index contributed by atoms with van der Waals surface area (Å²) in [5.74, 6) is 3.81. The molecule has 0 saturated carbocycles. The zero-order chi connectivity index (χ0) is 36.9. The molecule has 4 heterocycles. The zero-order valence-electron chi connectivity index (χ0n) is 31.6. The van der Waals surface area contributed by atoms with Crippen LogP contribution in [-0.4, -0.2) is 77.3 Å². The second-order valence-electron chi connectivity index (χ2n) is 16.5. The number of ether oxygens (including phenoxy) is 2. The fourth-order valence-corrected chi connectivity index (χ4v) is 8.31. The topological polar surface area (TPSA) is 75.4 Å². The molecule has 9 nitrogen and oxygen atoms in total. The Bertz CT molecular complexity index is 1690. The average molecular weight is 727 g/mol. The maximum atomic E-state index is 12.4. The van der Waals surface area contributed by atoms with E-state index in [0.29, 0.717) is 23.2 Å². The molecule has 0 bridgehead atoms. The number of carbonyl (C=O) groups is 1. The van der Waals surface area contributed by atoms with Crippen molar-refractivity contribution in [1.82, 2.24) is 19.8 Å². The lowest BCUT2D eigenvalue weighted by Gasteiger charge is -2.41. The van der Waals surface area contributed by atoms with E-state index < -0.39 is 5.60 Å². The Morgan fingerprint density at radius 3 is 2.15 bits per heavy atom. The lowest BCUT2D eigenvalue weighted by Crippen LogP contribution is -2.45. The van der Waals surface area contributed by atoms with Crippen molar-refractivity contribution < 1.29 is 14.3 Å². The largest absolute Gasteiger partial charge is 0.487 e. The van der Waals surface area contributed by atoms with E-state index >= 15 is 0 Å². The van der Waals surface area contributed by atoms with Gasteiger partial charge in [0.15, 0.2) is 5.69 Å². The fraction of sp³-hybridized carbons (Fsp3) is 0.571. The summed E-state index contributed by atoms with van der Waals surface area (Å²) in [6.07, 6.45) is 8.76. The minimum Gasteiger partial charge on any atom is -0.487 e. The van der Waals surface area contributed by atoms with Crippen LogP contribution in [0.2, 0.25) is 5.02 Å². The molecule has 3 aromatic rings. The van der Waals surface area contributed by atoms with E-state index in [1.54, 1.807) is 6.07 Å². The van der Waals surface area contributed by atoms with Gasteiger partial charge in [0.25, 0.3) is 0 Å². The number of piperidine rings is 3. The molecule has 1 aromatic heterocycles. The molecule has 0 N–H and O–H groups in total. The van der Waals surface area contributed by atoms with Crippen molar-refractivity contribution >= 4 is 29.3 Å². The van der Waals surface area contributed by atoms with Crippen LogP contribution in [0.15, 0.2) is 54.7 Å². The minimum absolute atomic E-state index is 0.168. The first-order chi connectivity index (χ1) is 24.9. The highest BCUT2D eigenvalue weighted by atomic mass is 35.5. The maximum Gasteiger partial charge on any atom is 0.410 e. The lowest BCUT2D eigenvalue weighted by molar-refractivity contribution is 0.0160. The quantitative estimate of drug-likeness (QED) is 0.204. The molecule has 0 atom stereocenters. The Kier molecular flexibility index (Phi) is 12.0. The molecule has 3 aliphatic heterocycles. The summed E-state index contributed by atoms with van der Waals surface area (Å²) in [5, 5.41) is 0.573. The van der Waals surface area contributed by atoms with E-state index in [2.05, 4.69) is 45.6 Å². The van der Waals surface area contributed by atoms with Crippen molar-refractivity contribution in [1.29, 1.82) is 0 Å². The first kappa shape index (κ1) is 37.9. The van der Waals surface area contributed by atoms with Crippen LogP contribution in [-0.2, 0) is 16.8 Å². The highest BCUT2D eigenvalue weighted by Gasteiger charge is 2.32. The number of carbonyl (C=O) groups excluding carboxylic acids is 1. The van der Waals surface area contributed by atoms with Gasteiger partial charge in [-0.2, -0.15) is 0 Å². The molecule has 6 rings (SSSR count). The van der Waals surface area contributed by atoms with Crippen LogP contribution in [0.4, 0.5) is 16.4 Å². The second-order valence-corrected chi connectivity index (χ2v) is 16.9. The Balaban J connectivity index is 0.922. The standard InChI is InChI=1S/C42H55ClN6O3/c1-41(2,3)52-40(50)49-21-12-30(13-22-49)28-47-19-14-31(15-20-47)32-16-23-48(24-17-32)39-45-18-11-36(46-39)29-51-38-9-7-33(8-10-38)42(4,5)34-25-35(43)27-37(26-34)44-6/h7-11,18,25-27,30-32H,12-17,19-24,28-29H2,1-5H3. The second kappa shape index (κ2) is 16.4. The Hall–Kier alpha value is -3.87. The fourth-order valence-electron chi connectivity index (χ4n) is 8.08. The number of rotatable bonds is 9. The Morgan fingerprint density at radius 2 is 1.52 bits per heavy atom. The molecule has 0 spiro atoms. The van der Waals surface area contributed by atoms with E-state index in [1.165, 1.54) is 38.8 Å². The number of hydrogen-bond donors (Lipinski definition) is 0. The maximum absolute atomic E-state index is 12.4. The van der Waals surface area contributed by atoms with Gasteiger partial charge in [0.05, 0.1) is 12.3 Å². The van der Waals surface area contributed by atoms with Crippen LogP contribution in [0.5, 0.6) is 5.75 Å². The number of aromatic nitrogens is 2. The van der Waals surface area contributed by atoms with Crippen molar-refractivity contribution in [3.8, 4) is 5.75 Å². The molecule has 3 fully saturated rings. The van der Waals surface area contributed by atoms with Crippen molar-refractivity contribution in [2.75, 3.05) is 50.7 Å². The first-order valence-electron chi connectivity index (χ1n) is 19.1. The Morgan fingerprint density at radius 1 is 0.865 bits per heavy atom. The molecular formula is C42H55ClN6O3. The van der Waals surface area contributed by atoms with Crippen LogP contribution in [0.3, 0.4) is 0 Å². The van der Waals surface area contributed by atoms with Crippen molar-refractivity contribution in [2.24, 2.45) is 17.8 Å². The third-order valence-electron chi connectivity index (χ3n) is 11.3. The third kappa shape index (κ3) is 9.76. The third-order valence-corrected chi connectivity index (χ3v) is 11.5. The van der Waals surface area contributed by atoms with E-state index in [-0.39, 0.29) is 11.5 Å². The molecular weight excluding hydrogens is 672 g/mol. The van der Waals surface area contributed by atoms with E-state index in [9.17, 15) is 4.79 Å². The van der Waals surface area contributed by atoms with Gasteiger partial charge in [0.2, 0.25) is 5.95 Å². The summed E-state index contributed by atoms with van der Waals surface area (Å²) >= 11 is 6.31. The molecule has 0 radical (unpaired) electrons. The number of halogens is 1. The van der Waals surface area contributed by atoms with Crippen molar-refractivity contribution in [3.63, 3.8) is 0 Å². The molecule has 278 valence electrons. The van der Waals surface area contributed by atoms with Gasteiger partial charge in [-0.15, -0.1) is 0 Å². The summed E-state index contributed by atoms with van der Waals surface area (Å²) < 4.78 is 11.7. The van der Waals surface area contributed by atoms with Gasteiger partial charge in [-0.05, 0) is 132 Å². The van der Waals surface area contributed by atoms with Gasteiger partial charge >= 0.3 is 6.09 Å². The summed E-state index contributed by atoms with van der Waals surface area (Å²) in [7, 11) is 0. The Labute approximate surface area is 315 Å². The van der Waals surface area contributed by atoms with E-state index in [4.69, 9.17) is 32.6 Å². The summed E-state index contributed by atoms with van der Waals surface area (Å²) in [5.41, 5.74) is 2.77. The normalized spacial score (nSPS) is 18.6. The zero-order valence-corrected chi connectivity index (χ0v) is 32.4. The predicted octanol–water partition coefficient (Wildman–Crippen LogP) is 9.16. The van der Waals surface area contributed by atoms with Crippen LogP contribution < -0.4 is 9.64 Å². The monoisotopic (exact) mass is 726 g/mol. The summed E-state index contributed by atoms with van der Waals surface area (Å²) in [6.45, 7) is 25.0. The van der Waals surface area contributed by atoms with E-state index in [1.807, 2.05) is 62.2 Å². The van der Waals surface area contributed by atoms with E-state index in [0.717, 1.165) is 85.9 Å². The number of nitrogens with zero attached hydrogens (tertiary/aromatic N) is 6. The van der Waals surface area contributed by atoms with Crippen molar-refractivity contribution in [3.05, 3.63) is 88.0 Å². The van der Waals surface area contributed by atoms with Gasteiger partial charge in [-0.3, -0.25) is 0 Å². The summed E-state index contributed by atoms with van der Waals surface area (Å²) in [6, 6.07) is 15.6. The molecule has 3 aliphatic rings. The number of anilines is 1. The molecule has 1 amide bonds. The molecule has 0 aliphatic carbocycles. The highest BCUT2D eigenvalue weighted by Crippen LogP contribution is 2.37. The van der Waals surface area contributed by atoms with Gasteiger partial charge in [-0.1, -0.05) is 43.6 Å². The number of likely N-dealkylation sites (tertiary alicyclic amines) is 2. The van der Waals surface area contributed by atoms with Gasteiger partial charge in [0.1, 0.15) is 18.0 Å². The number of benzene rings is 2. The average Bonchev–Trinajstić information content (AvgIpc) is 3.14. The van der Waals surface area contributed by atoms with Gasteiger partial charge in [-0.25, -0.2) is 19.6 Å². The summed E-state index contributed by atoms with van der Waals surface area (Å²) in [4.78, 5) is 32.4. The van der Waals surface area contributed by atoms with Gasteiger partial charge < -0.3 is 24.2 Å². The highest BCUT2D eigenvalue weighted by molar-refractivity contribution is 6.31. The first-order valence-corrected chi connectivity index (χ1v) is 19.4. The van der Waals surface area contributed by atoms with Gasteiger partial charge in [0, 0.05) is 49.4 Å². The predicted molar refractivity (Wildman–Crippen MR) is 207 cm³/mol. The van der Waals surface area contributed by atoms with Crippen LogP contribution in [0, 0.1) is 24.3 Å². The molecule has 10 heteroatoms. The molecule has 2 aromatic carbocycles. The SMILES string of the molecule is [C-]#[N+]c1cc(Cl)cc(C(C)(C)c2ccc(OCc3ccnc(N4CCC(C5CCN(CC6CCN(C(=O)OC(C)(C)C)CC6)CC5)CC4)n3)cc2)c1. The number of hydrogen-bond acceptors (Lipinski definition) is 7. The van der Waals surface area contributed by atoms with Crippen LogP contribution in [0.1, 0.15) is 90.0 Å².